The van der Waals surface area contributed by atoms with Gasteiger partial charge >= 0.3 is 0 Å². The van der Waals surface area contributed by atoms with E-state index >= 15 is 0 Å². The molecule has 0 amide bonds. The number of nitrogens with two attached hydrogens (primary N) is 1. The molecule has 0 saturated carbocycles. The summed E-state index contributed by atoms with van der Waals surface area (Å²) in [6.07, 6.45) is 4.91. The molecule has 2 aromatic heterocycles. The SMILES string of the molecule is Nc1cccc(-c2cnn(-c3ncccc3F)c2)c1. The van der Waals surface area contributed by atoms with E-state index in [0.29, 0.717) is 5.69 Å². The summed E-state index contributed by atoms with van der Waals surface area (Å²) in [6, 6.07) is 10.3. The Hall–Kier alpha value is -2.69. The summed E-state index contributed by atoms with van der Waals surface area (Å²) < 4.78 is 15.0. The van der Waals surface area contributed by atoms with E-state index in [-0.39, 0.29) is 5.82 Å². The number of hydrogen-bond acceptors (Lipinski definition) is 3. The maximum absolute atomic E-state index is 13.6. The van der Waals surface area contributed by atoms with Crippen LogP contribution in [0.1, 0.15) is 0 Å². The van der Waals surface area contributed by atoms with E-state index in [1.54, 1.807) is 18.5 Å². The number of nitrogens with zero attached hydrogens (tertiary/aromatic N) is 3. The molecule has 5 heteroatoms. The van der Waals surface area contributed by atoms with E-state index < -0.39 is 5.82 Å². The van der Waals surface area contributed by atoms with Gasteiger partial charge in [-0.2, -0.15) is 5.10 Å². The van der Waals surface area contributed by atoms with Crippen molar-refractivity contribution < 1.29 is 4.39 Å². The minimum atomic E-state index is -0.412. The molecule has 0 aliphatic carbocycles. The molecule has 0 aliphatic heterocycles. The van der Waals surface area contributed by atoms with Crippen LogP contribution in [0.15, 0.2) is 55.0 Å². The minimum absolute atomic E-state index is 0.178. The zero-order chi connectivity index (χ0) is 13.2. The second kappa shape index (κ2) is 4.53. The summed E-state index contributed by atoms with van der Waals surface area (Å²) >= 11 is 0. The largest absolute Gasteiger partial charge is 0.399 e. The molecule has 94 valence electrons. The third kappa shape index (κ3) is 2.18. The highest BCUT2D eigenvalue weighted by Crippen LogP contribution is 2.22. The number of hydrogen-bond donors (Lipinski definition) is 1. The quantitative estimate of drug-likeness (QED) is 0.715. The van der Waals surface area contributed by atoms with Crippen LogP contribution < -0.4 is 5.73 Å². The average Bonchev–Trinajstić information content (AvgIpc) is 2.89. The van der Waals surface area contributed by atoms with E-state index in [1.807, 2.05) is 24.3 Å². The fourth-order valence-corrected chi connectivity index (χ4v) is 1.85. The fraction of sp³-hybridized carbons (Fsp3) is 0. The first-order valence-corrected chi connectivity index (χ1v) is 5.75. The first-order chi connectivity index (χ1) is 9.24. The maximum atomic E-state index is 13.6. The zero-order valence-electron chi connectivity index (χ0n) is 9.99. The Labute approximate surface area is 109 Å². The molecular formula is C14H11FN4. The van der Waals surface area contributed by atoms with Crippen LogP contribution in [-0.4, -0.2) is 14.8 Å². The van der Waals surface area contributed by atoms with Crippen molar-refractivity contribution in [1.82, 2.24) is 14.8 Å². The third-order valence-corrected chi connectivity index (χ3v) is 2.76. The first-order valence-electron chi connectivity index (χ1n) is 5.75. The topological polar surface area (TPSA) is 56.7 Å². The zero-order valence-corrected chi connectivity index (χ0v) is 9.99. The van der Waals surface area contributed by atoms with Crippen molar-refractivity contribution >= 4 is 5.69 Å². The van der Waals surface area contributed by atoms with Gasteiger partial charge in [0.2, 0.25) is 0 Å². The van der Waals surface area contributed by atoms with Gasteiger partial charge in [-0.15, -0.1) is 0 Å². The Balaban J connectivity index is 2.03. The van der Waals surface area contributed by atoms with Gasteiger partial charge < -0.3 is 5.73 Å². The van der Waals surface area contributed by atoms with Crippen molar-refractivity contribution in [3.63, 3.8) is 0 Å². The molecule has 0 spiro atoms. The number of nitrogen functional groups attached to an aromatic ring is 1. The summed E-state index contributed by atoms with van der Waals surface area (Å²) in [6.45, 7) is 0. The summed E-state index contributed by atoms with van der Waals surface area (Å²) in [7, 11) is 0. The number of benzene rings is 1. The van der Waals surface area contributed by atoms with Crippen molar-refractivity contribution in [3.05, 3.63) is 60.8 Å². The van der Waals surface area contributed by atoms with Crippen molar-refractivity contribution in [2.24, 2.45) is 0 Å². The van der Waals surface area contributed by atoms with E-state index in [9.17, 15) is 4.39 Å². The third-order valence-electron chi connectivity index (χ3n) is 2.76. The molecule has 3 aromatic rings. The standard InChI is InChI=1S/C14H11FN4/c15-13-5-2-6-17-14(13)19-9-11(8-18-19)10-3-1-4-12(16)7-10/h1-9H,16H2. The highest BCUT2D eigenvalue weighted by atomic mass is 19.1. The average molecular weight is 254 g/mol. The number of aromatic nitrogens is 3. The predicted octanol–water partition coefficient (Wildman–Crippen LogP) is 2.66. The smallest absolute Gasteiger partial charge is 0.189 e. The summed E-state index contributed by atoms with van der Waals surface area (Å²) in [5.41, 5.74) is 8.21. The molecule has 2 N–H and O–H groups in total. The van der Waals surface area contributed by atoms with Gasteiger partial charge in [0.25, 0.3) is 0 Å². The number of halogens is 1. The number of rotatable bonds is 2. The number of anilines is 1. The molecular weight excluding hydrogens is 243 g/mol. The van der Waals surface area contributed by atoms with Crippen LogP contribution >= 0.6 is 0 Å². The predicted molar refractivity (Wildman–Crippen MR) is 71.2 cm³/mol. The molecule has 1 aromatic carbocycles. The lowest BCUT2D eigenvalue weighted by atomic mass is 10.1. The Kier molecular flexibility index (Phi) is 2.72. The lowest BCUT2D eigenvalue weighted by Gasteiger charge is -2.01. The van der Waals surface area contributed by atoms with Crippen molar-refractivity contribution in [3.8, 4) is 16.9 Å². The molecule has 0 bridgehead atoms. The lowest BCUT2D eigenvalue weighted by Crippen LogP contribution is -2.00. The lowest BCUT2D eigenvalue weighted by molar-refractivity contribution is 0.600. The Morgan fingerprint density at radius 3 is 2.79 bits per heavy atom. The van der Waals surface area contributed by atoms with Crippen LogP contribution in [0.3, 0.4) is 0 Å². The molecule has 0 saturated heterocycles. The van der Waals surface area contributed by atoms with Gasteiger partial charge in [-0.1, -0.05) is 12.1 Å². The fourth-order valence-electron chi connectivity index (χ4n) is 1.85. The summed E-state index contributed by atoms with van der Waals surface area (Å²) in [4.78, 5) is 3.97. The van der Waals surface area contributed by atoms with Gasteiger partial charge in [-0.05, 0) is 29.8 Å². The molecule has 0 aliphatic rings. The van der Waals surface area contributed by atoms with Gasteiger partial charge in [-0.25, -0.2) is 14.1 Å². The maximum Gasteiger partial charge on any atom is 0.189 e. The molecule has 0 atom stereocenters. The molecule has 19 heavy (non-hydrogen) atoms. The molecule has 2 heterocycles. The van der Waals surface area contributed by atoms with Crippen LogP contribution in [0.4, 0.5) is 10.1 Å². The van der Waals surface area contributed by atoms with Gasteiger partial charge in [-0.3, -0.25) is 0 Å². The molecule has 0 fully saturated rings. The summed E-state index contributed by atoms with van der Waals surface area (Å²) in [5.74, 6) is -0.234. The summed E-state index contributed by atoms with van der Waals surface area (Å²) in [5, 5.41) is 4.13. The molecule has 3 rings (SSSR count). The molecule has 0 radical (unpaired) electrons. The second-order valence-electron chi connectivity index (χ2n) is 4.11. The van der Waals surface area contributed by atoms with Gasteiger partial charge in [0, 0.05) is 23.6 Å². The Morgan fingerprint density at radius 1 is 1.11 bits per heavy atom. The van der Waals surface area contributed by atoms with E-state index in [0.717, 1.165) is 11.1 Å². The Bertz CT molecular complexity index is 721. The first kappa shape index (κ1) is 11.4. The van der Waals surface area contributed by atoms with Gasteiger partial charge in [0.1, 0.15) is 0 Å². The van der Waals surface area contributed by atoms with Crippen LogP contribution in [0.25, 0.3) is 16.9 Å². The second-order valence-corrected chi connectivity index (χ2v) is 4.11. The Morgan fingerprint density at radius 2 is 2.00 bits per heavy atom. The van der Waals surface area contributed by atoms with E-state index in [2.05, 4.69) is 10.1 Å². The highest BCUT2D eigenvalue weighted by molar-refractivity contribution is 5.66. The number of pyridine rings is 1. The van der Waals surface area contributed by atoms with E-state index in [1.165, 1.54) is 16.9 Å². The van der Waals surface area contributed by atoms with Crippen molar-refractivity contribution in [1.29, 1.82) is 0 Å². The molecule has 4 nitrogen and oxygen atoms in total. The normalized spacial score (nSPS) is 10.6. The van der Waals surface area contributed by atoms with Crippen molar-refractivity contribution in [2.45, 2.75) is 0 Å². The van der Waals surface area contributed by atoms with Gasteiger partial charge in [0.15, 0.2) is 11.6 Å². The van der Waals surface area contributed by atoms with Crippen LogP contribution in [0, 0.1) is 5.82 Å². The van der Waals surface area contributed by atoms with Gasteiger partial charge in [0.05, 0.1) is 6.20 Å². The monoisotopic (exact) mass is 254 g/mol. The van der Waals surface area contributed by atoms with Crippen molar-refractivity contribution in [2.75, 3.05) is 5.73 Å². The van der Waals surface area contributed by atoms with E-state index in [4.69, 9.17) is 5.73 Å². The molecule has 0 unspecified atom stereocenters. The minimum Gasteiger partial charge on any atom is -0.399 e. The highest BCUT2D eigenvalue weighted by Gasteiger charge is 2.08. The van der Waals surface area contributed by atoms with Crippen LogP contribution in [0.5, 0.6) is 0 Å². The van der Waals surface area contributed by atoms with Crippen LogP contribution in [-0.2, 0) is 0 Å². The van der Waals surface area contributed by atoms with Crippen LogP contribution in [0.2, 0.25) is 0 Å².